The van der Waals surface area contributed by atoms with E-state index in [4.69, 9.17) is 20.9 Å². The lowest BCUT2D eigenvalue weighted by molar-refractivity contribution is -0.147. The molecule has 4 N–H and O–H groups in total. The Labute approximate surface area is 273 Å². The molecule has 0 radical (unpaired) electrons. The fraction of sp³-hybridized carbons (Fsp3) is 0.0400. The van der Waals surface area contributed by atoms with Crippen molar-refractivity contribution in [2.75, 3.05) is 0 Å². The van der Waals surface area contributed by atoms with Gasteiger partial charge in [0, 0.05) is 33.3 Å². The summed E-state index contributed by atoms with van der Waals surface area (Å²) in [6.07, 6.45) is 6.72. The molecule has 1 amide bonds. The number of nitrogens with zero attached hydrogens (tertiary/aromatic N) is 7. The molecule has 0 spiro atoms. The zero-order valence-electron chi connectivity index (χ0n) is 22.8. The van der Waals surface area contributed by atoms with Crippen LogP contribution in [0.4, 0.5) is 0 Å². The van der Waals surface area contributed by atoms with Gasteiger partial charge >= 0.3 is 17.9 Å². The van der Waals surface area contributed by atoms with Crippen molar-refractivity contribution in [2.45, 2.75) is 6.42 Å². The number of H-pyrrole nitrogens is 1. The predicted octanol–water partition coefficient (Wildman–Crippen LogP) is 4.72. The number of hydrogen-bond acceptors (Lipinski definition) is 14. The third-order valence-electron chi connectivity index (χ3n) is 3.97. The molecule has 5 rings (SSSR count). The second-order valence-electron chi connectivity index (χ2n) is 7.23. The molecule has 0 fully saturated rings. The third-order valence-corrected chi connectivity index (χ3v) is 6.63. The number of fused-ring (bicyclic) bond motifs is 1. The van der Waals surface area contributed by atoms with E-state index in [1.54, 1.807) is 50.4 Å². The van der Waals surface area contributed by atoms with Crippen LogP contribution < -0.4 is 5.56 Å². The van der Waals surface area contributed by atoms with Crippen molar-refractivity contribution in [1.82, 2.24) is 24.9 Å². The third kappa shape index (κ3) is 18.0. The molecule has 0 aliphatic rings. The predicted molar refractivity (Wildman–Crippen MR) is 172 cm³/mol. The van der Waals surface area contributed by atoms with Crippen LogP contribution in [0.25, 0.3) is 32.8 Å². The van der Waals surface area contributed by atoms with Crippen molar-refractivity contribution < 1.29 is 39.3 Å². The summed E-state index contributed by atoms with van der Waals surface area (Å²) in [4.78, 5) is 80.5. The number of rotatable bonds is 7. The lowest BCUT2D eigenvalue weighted by Crippen LogP contribution is -2.03. The van der Waals surface area contributed by atoms with Crippen LogP contribution in [0.1, 0.15) is 28.3 Å². The van der Waals surface area contributed by atoms with E-state index in [9.17, 15) is 28.8 Å². The number of carboxylic acid groups (broad SMARTS) is 3. The number of carboxylic acids is 3. The highest BCUT2D eigenvalue weighted by Crippen LogP contribution is 2.10. The Balaban J connectivity index is 0.000000292. The first kappa shape index (κ1) is 38.3. The molecule has 17 nitrogen and oxygen atoms in total. The van der Waals surface area contributed by atoms with Crippen LogP contribution in [0.15, 0.2) is 72.5 Å². The summed E-state index contributed by atoms with van der Waals surface area (Å²) in [5.74, 6) is -4.20. The Morgan fingerprint density at radius 1 is 0.848 bits per heavy atom. The van der Waals surface area contributed by atoms with Crippen LogP contribution in [0.5, 0.6) is 0 Å². The molecule has 46 heavy (non-hydrogen) atoms. The van der Waals surface area contributed by atoms with Crippen LogP contribution >= 0.6 is 45.3 Å². The van der Waals surface area contributed by atoms with E-state index >= 15 is 0 Å². The number of aromatic nitrogens is 5. The Morgan fingerprint density at radius 3 is 1.78 bits per heavy atom. The van der Waals surface area contributed by atoms with Gasteiger partial charge in [-0.15, -0.1) is 45.3 Å². The molecule has 0 atom stereocenters. The molecule has 0 aliphatic heterocycles. The molecule has 0 aromatic carbocycles. The first-order chi connectivity index (χ1) is 22.0. The summed E-state index contributed by atoms with van der Waals surface area (Å²) in [5, 5.41) is 31.7. The Morgan fingerprint density at radius 2 is 1.39 bits per heavy atom. The maximum absolute atomic E-state index is 11.0. The van der Waals surface area contributed by atoms with E-state index in [0.717, 1.165) is 17.9 Å². The maximum atomic E-state index is 11.0. The summed E-state index contributed by atoms with van der Waals surface area (Å²) in [5.41, 5.74) is 17.1. The number of aliphatic carboxylic acids is 3. The minimum atomic E-state index is -1.31. The minimum Gasteiger partial charge on any atom is -0.481 e. The highest BCUT2D eigenvalue weighted by molar-refractivity contribution is 7.16. The van der Waals surface area contributed by atoms with Crippen LogP contribution in [-0.2, 0) is 19.2 Å². The standard InChI is InChI=1S/C6H4N4OS.C6H4N2OS.C6H5NO2S.C4H3NOS.C3H4O4/c7-10-9-6(11)2-1-5-3-12-4-8-5;9-6-5-4(1-2-7-6)8-3-10-5;8-6(9)2-1-5-3-10-4-7-5;6-1-4-2-7-3-5-4;4-2(5)1-3(6)7/h1-4H;1-3H,(H,7,9);1-4H,(H,8,9);1-3H;1H2,(H,4,5)(H,6,7)/b2-1+;;2-1+;;. The zero-order chi connectivity index (χ0) is 34.2. The first-order valence-electron chi connectivity index (χ1n) is 11.7. The molecule has 5 aromatic heterocycles. The monoisotopic (exact) mass is 704 g/mol. The SMILES string of the molecule is O=C(O)/C=C/c1cscn1.O=C(O)CC(=O)O.O=Cc1cscn1.O=c1[nH]ccc2ncsc12.[N-]=[N+]=NC(=O)/C=C/c1cscn1. The van der Waals surface area contributed by atoms with Gasteiger partial charge in [-0.1, -0.05) is 0 Å². The van der Waals surface area contributed by atoms with E-state index in [0.29, 0.717) is 21.8 Å². The van der Waals surface area contributed by atoms with Gasteiger partial charge in [-0.05, 0) is 34.9 Å². The number of azide groups is 1. The molecule has 238 valence electrons. The van der Waals surface area contributed by atoms with Crippen molar-refractivity contribution in [3.8, 4) is 0 Å². The van der Waals surface area contributed by atoms with Crippen LogP contribution in [-0.4, -0.2) is 70.3 Å². The van der Waals surface area contributed by atoms with Gasteiger partial charge in [-0.3, -0.25) is 24.0 Å². The smallest absolute Gasteiger partial charge is 0.328 e. The van der Waals surface area contributed by atoms with E-state index in [1.165, 1.54) is 63.6 Å². The van der Waals surface area contributed by atoms with Gasteiger partial charge in [0.15, 0.2) is 6.29 Å². The van der Waals surface area contributed by atoms with Crippen molar-refractivity contribution in [3.05, 3.63) is 100 Å². The topological polar surface area (TPSA) is 279 Å². The molecule has 0 aliphatic carbocycles. The van der Waals surface area contributed by atoms with Gasteiger partial charge in [0.25, 0.3) is 5.56 Å². The van der Waals surface area contributed by atoms with Gasteiger partial charge in [0.05, 0.1) is 38.9 Å². The number of hydrogen-bond donors (Lipinski definition) is 4. The molecule has 0 saturated carbocycles. The van der Waals surface area contributed by atoms with E-state index in [-0.39, 0.29) is 5.56 Å². The van der Waals surface area contributed by atoms with Crippen molar-refractivity contribution in [1.29, 1.82) is 0 Å². The zero-order valence-corrected chi connectivity index (χ0v) is 26.1. The average molecular weight is 705 g/mol. The lowest BCUT2D eigenvalue weighted by Gasteiger charge is -1.81. The Hall–Kier alpha value is -5.73. The van der Waals surface area contributed by atoms with Gasteiger partial charge < -0.3 is 20.3 Å². The summed E-state index contributed by atoms with van der Waals surface area (Å²) < 4.78 is 0.697. The molecule has 21 heteroatoms. The summed E-state index contributed by atoms with van der Waals surface area (Å²) >= 11 is 5.64. The van der Waals surface area contributed by atoms with Crippen molar-refractivity contribution in [2.24, 2.45) is 5.11 Å². The van der Waals surface area contributed by atoms with Crippen LogP contribution in [0.3, 0.4) is 0 Å². The number of carbonyl (C=O) groups excluding carboxylic acids is 2. The number of aldehydes is 1. The molecular formula is C25H20N8O9S4. The van der Waals surface area contributed by atoms with E-state index < -0.39 is 30.2 Å². The van der Waals surface area contributed by atoms with Crippen molar-refractivity contribution >= 4 is 97.8 Å². The molecule has 0 bridgehead atoms. The second kappa shape index (κ2) is 22.8. The molecule has 5 aromatic rings. The number of nitrogens with one attached hydrogen (secondary N) is 1. The quantitative estimate of drug-likeness (QED) is 0.0446. The van der Waals surface area contributed by atoms with Gasteiger partial charge in [-0.2, -0.15) is 0 Å². The summed E-state index contributed by atoms with van der Waals surface area (Å²) in [6.45, 7) is 0. The average Bonchev–Trinajstić information content (AvgIpc) is 3.84. The van der Waals surface area contributed by atoms with E-state index in [1.807, 2.05) is 0 Å². The van der Waals surface area contributed by atoms with Gasteiger partial charge in [0.1, 0.15) is 16.8 Å². The Bertz CT molecular complexity index is 1810. The molecule has 0 saturated heterocycles. The van der Waals surface area contributed by atoms with Crippen LogP contribution in [0, 0.1) is 0 Å². The fourth-order valence-electron chi connectivity index (χ4n) is 2.21. The fourth-order valence-corrected chi connectivity index (χ4v) is 4.44. The highest BCUT2D eigenvalue weighted by Gasteiger charge is 2.01. The highest BCUT2D eigenvalue weighted by atomic mass is 32.1. The molecular weight excluding hydrogens is 685 g/mol. The number of thiazole rings is 4. The van der Waals surface area contributed by atoms with Gasteiger partial charge in [0.2, 0.25) is 5.91 Å². The van der Waals surface area contributed by atoms with Gasteiger partial charge in [-0.25, -0.2) is 24.7 Å². The van der Waals surface area contributed by atoms with Crippen LogP contribution in [0.2, 0.25) is 0 Å². The van der Waals surface area contributed by atoms with E-state index in [2.05, 4.69) is 34.9 Å². The Kier molecular flexibility index (Phi) is 18.9. The molecule has 5 heterocycles. The minimum absolute atomic E-state index is 0.0556. The lowest BCUT2D eigenvalue weighted by atomic mass is 10.4. The number of aromatic amines is 1. The van der Waals surface area contributed by atoms with Crippen molar-refractivity contribution in [3.63, 3.8) is 0 Å². The maximum Gasteiger partial charge on any atom is 0.328 e. The number of pyridine rings is 1. The normalized spacial score (nSPS) is 9.57. The summed E-state index contributed by atoms with van der Waals surface area (Å²) in [7, 11) is 0. The first-order valence-corrected chi connectivity index (χ1v) is 15.4. The summed E-state index contributed by atoms with van der Waals surface area (Å²) in [6, 6.07) is 1.78. The molecule has 0 unspecified atom stereocenters. The number of carbonyl (C=O) groups is 5. The largest absolute Gasteiger partial charge is 0.481 e. The second-order valence-corrected chi connectivity index (χ2v) is 10.2. The number of amides is 1.